The lowest BCUT2D eigenvalue weighted by Gasteiger charge is -2.14. The van der Waals surface area contributed by atoms with Gasteiger partial charge in [0.25, 0.3) is 5.91 Å². The summed E-state index contributed by atoms with van der Waals surface area (Å²) >= 11 is 12.3. The van der Waals surface area contributed by atoms with E-state index in [1.807, 2.05) is 19.1 Å². The minimum atomic E-state index is -0.414. The molecule has 2 aromatic carbocycles. The summed E-state index contributed by atoms with van der Waals surface area (Å²) in [7, 11) is 0. The van der Waals surface area contributed by atoms with Crippen LogP contribution in [0, 0.1) is 0 Å². The molecule has 1 aromatic heterocycles. The molecule has 7 heteroatoms. The first-order chi connectivity index (χ1) is 13.4. The van der Waals surface area contributed by atoms with Crippen molar-refractivity contribution in [3.63, 3.8) is 0 Å². The van der Waals surface area contributed by atoms with Gasteiger partial charge in [-0.2, -0.15) is 0 Å². The number of anilines is 1. The normalized spacial score (nSPS) is 10.8. The summed E-state index contributed by atoms with van der Waals surface area (Å²) in [4.78, 5) is 28.6. The third-order valence-electron chi connectivity index (χ3n) is 4.54. The highest BCUT2D eigenvalue weighted by atomic mass is 35.5. The number of rotatable bonds is 6. The van der Waals surface area contributed by atoms with Gasteiger partial charge in [-0.05, 0) is 42.2 Å². The van der Waals surface area contributed by atoms with Crippen LogP contribution in [0.4, 0.5) is 5.69 Å². The number of carbonyl (C=O) groups is 2. The van der Waals surface area contributed by atoms with Gasteiger partial charge in [-0.25, -0.2) is 0 Å². The van der Waals surface area contributed by atoms with Gasteiger partial charge in [0.05, 0.1) is 26.8 Å². The average Bonchev–Trinajstić information content (AvgIpc) is 2.66. The van der Waals surface area contributed by atoms with E-state index >= 15 is 0 Å². The third kappa shape index (κ3) is 4.11. The van der Waals surface area contributed by atoms with E-state index in [2.05, 4.69) is 10.3 Å². The Morgan fingerprint density at radius 1 is 1.11 bits per heavy atom. The average molecular weight is 416 g/mol. The zero-order valence-electron chi connectivity index (χ0n) is 15.3. The highest BCUT2D eigenvalue weighted by Gasteiger charge is 2.17. The maximum Gasteiger partial charge on any atom is 0.258 e. The first kappa shape index (κ1) is 20.1. The van der Waals surface area contributed by atoms with Crippen molar-refractivity contribution in [3.8, 4) is 0 Å². The van der Waals surface area contributed by atoms with E-state index in [1.165, 1.54) is 0 Å². The first-order valence-electron chi connectivity index (χ1n) is 8.85. The minimum absolute atomic E-state index is 0.210. The number of aryl methyl sites for hydroxylation is 2. The summed E-state index contributed by atoms with van der Waals surface area (Å²) < 4.78 is 0. The molecule has 0 fully saturated rings. The molecule has 0 radical (unpaired) electrons. The lowest BCUT2D eigenvalue weighted by Crippen LogP contribution is -2.14. The van der Waals surface area contributed by atoms with E-state index in [-0.39, 0.29) is 27.9 Å². The van der Waals surface area contributed by atoms with Crippen LogP contribution in [0.5, 0.6) is 0 Å². The van der Waals surface area contributed by atoms with Crippen molar-refractivity contribution < 1.29 is 9.59 Å². The lowest BCUT2D eigenvalue weighted by molar-refractivity contribution is -0.117. The molecule has 2 amide bonds. The molecule has 28 heavy (non-hydrogen) atoms. The van der Waals surface area contributed by atoms with E-state index in [9.17, 15) is 9.59 Å². The first-order valence-corrected chi connectivity index (χ1v) is 9.61. The number of carbonyl (C=O) groups excluding carboxylic acids is 2. The van der Waals surface area contributed by atoms with Gasteiger partial charge in [-0.1, -0.05) is 48.3 Å². The van der Waals surface area contributed by atoms with E-state index in [4.69, 9.17) is 28.9 Å². The molecule has 3 aromatic rings. The van der Waals surface area contributed by atoms with Crippen LogP contribution in [0.15, 0.2) is 42.6 Å². The van der Waals surface area contributed by atoms with Crippen LogP contribution in [0.2, 0.25) is 10.0 Å². The second kappa shape index (κ2) is 8.59. The number of amides is 2. The predicted molar refractivity (Wildman–Crippen MR) is 113 cm³/mol. The van der Waals surface area contributed by atoms with Crippen LogP contribution in [-0.2, 0) is 17.6 Å². The molecular weight excluding hydrogens is 397 g/mol. The molecule has 1 heterocycles. The van der Waals surface area contributed by atoms with Crippen molar-refractivity contribution in [1.29, 1.82) is 0 Å². The molecule has 144 valence electrons. The quantitative estimate of drug-likeness (QED) is 0.607. The van der Waals surface area contributed by atoms with E-state index in [0.29, 0.717) is 17.6 Å². The zero-order chi connectivity index (χ0) is 20.3. The molecular formula is C21H19Cl2N3O2. The van der Waals surface area contributed by atoms with Crippen LogP contribution in [0.1, 0.15) is 34.8 Å². The maximum atomic E-state index is 12.8. The Hall–Kier alpha value is -2.63. The van der Waals surface area contributed by atoms with Crippen molar-refractivity contribution >= 4 is 51.6 Å². The van der Waals surface area contributed by atoms with Crippen molar-refractivity contribution in [1.82, 2.24) is 4.98 Å². The fourth-order valence-electron chi connectivity index (χ4n) is 3.17. The maximum absolute atomic E-state index is 12.8. The van der Waals surface area contributed by atoms with Crippen molar-refractivity contribution in [2.45, 2.75) is 26.2 Å². The smallest absolute Gasteiger partial charge is 0.258 e. The Balaban J connectivity index is 2.04. The Labute approximate surface area is 172 Å². The lowest BCUT2D eigenvalue weighted by atomic mass is 9.97. The second-order valence-corrected chi connectivity index (χ2v) is 7.15. The van der Waals surface area contributed by atoms with Crippen LogP contribution in [-0.4, -0.2) is 16.8 Å². The Kier molecular flexibility index (Phi) is 6.17. The number of benzene rings is 2. The van der Waals surface area contributed by atoms with Crippen LogP contribution < -0.4 is 11.1 Å². The van der Waals surface area contributed by atoms with E-state index in [1.54, 1.807) is 30.5 Å². The number of primary amides is 1. The number of nitrogens with one attached hydrogen (secondary N) is 1. The number of fused-ring (bicyclic) bond motifs is 1. The van der Waals surface area contributed by atoms with Gasteiger partial charge in [0.1, 0.15) is 0 Å². The highest BCUT2D eigenvalue weighted by Crippen LogP contribution is 2.30. The summed E-state index contributed by atoms with van der Waals surface area (Å²) in [6.07, 6.45) is 3.32. The fraction of sp³-hybridized carbons (Fsp3) is 0.190. The number of para-hydroxylation sites is 1. The van der Waals surface area contributed by atoms with E-state index < -0.39 is 5.91 Å². The van der Waals surface area contributed by atoms with Crippen LogP contribution in [0.3, 0.4) is 0 Å². The number of nitrogens with two attached hydrogens (primary N) is 1. The standard InChI is InChI=1S/C21H19Cl2N3O2/c1-2-12-11-25-20-14(13(12)9-10-18(24)27)5-3-8-17(20)26-21(28)19-15(22)6-4-7-16(19)23/h3-8,11H,2,9-10H2,1H3,(H2,24,27)(H,26,28). The molecule has 0 atom stereocenters. The molecule has 0 saturated heterocycles. The SMILES string of the molecule is CCc1cnc2c(NC(=O)c3c(Cl)cccc3Cl)cccc2c1CCC(N)=O. The summed E-state index contributed by atoms with van der Waals surface area (Å²) in [5.41, 5.74) is 8.78. The van der Waals surface area contributed by atoms with Crippen LogP contribution >= 0.6 is 23.2 Å². The Morgan fingerprint density at radius 2 is 1.79 bits per heavy atom. The highest BCUT2D eigenvalue weighted by molar-refractivity contribution is 6.40. The Morgan fingerprint density at radius 3 is 2.43 bits per heavy atom. The molecule has 3 rings (SSSR count). The Bertz CT molecular complexity index is 1050. The van der Waals surface area contributed by atoms with Gasteiger partial charge in [0.2, 0.25) is 5.91 Å². The molecule has 0 spiro atoms. The van der Waals surface area contributed by atoms with Crippen LogP contribution in [0.25, 0.3) is 10.9 Å². The number of aromatic nitrogens is 1. The van der Waals surface area contributed by atoms with Crippen molar-refractivity contribution in [2.75, 3.05) is 5.32 Å². The molecule has 0 saturated carbocycles. The van der Waals surface area contributed by atoms with Gasteiger partial charge in [0, 0.05) is 18.0 Å². The zero-order valence-corrected chi connectivity index (χ0v) is 16.8. The summed E-state index contributed by atoms with van der Waals surface area (Å²) in [6.45, 7) is 2.03. The molecule has 0 aliphatic heterocycles. The fourth-order valence-corrected chi connectivity index (χ4v) is 3.74. The molecule has 0 unspecified atom stereocenters. The topological polar surface area (TPSA) is 85.1 Å². The monoisotopic (exact) mass is 415 g/mol. The number of hydrogen-bond donors (Lipinski definition) is 2. The van der Waals surface area contributed by atoms with Crippen molar-refractivity contribution in [2.24, 2.45) is 5.73 Å². The van der Waals surface area contributed by atoms with Gasteiger partial charge >= 0.3 is 0 Å². The van der Waals surface area contributed by atoms with Gasteiger partial charge < -0.3 is 11.1 Å². The summed E-state index contributed by atoms with van der Waals surface area (Å²) in [5.74, 6) is -0.770. The molecule has 5 nitrogen and oxygen atoms in total. The minimum Gasteiger partial charge on any atom is -0.370 e. The van der Waals surface area contributed by atoms with Gasteiger partial charge in [-0.3, -0.25) is 14.6 Å². The molecule has 0 aliphatic carbocycles. The summed E-state index contributed by atoms with van der Waals surface area (Å²) in [5, 5.41) is 4.27. The summed E-state index contributed by atoms with van der Waals surface area (Å²) in [6, 6.07) is 10.4. The largest absolute Gasteiger partial charge is 0.370 e. The van der Waals surface area contributed by atoms with Crippen molar-refractivity contribution in [3.05, 3.63) is 69.3 Å². The number of hydrogen-bond acceptors (Lipinski definition) is 3. The number of halogens is 2. The second-order valence-electron chi connectivity index (χ2n) is 6.33. The predicted octanol–water partition coefficient (Wildman–Crippen LogP) is 4.77. The number of pyridine rings is 1. The van der Waals surface area contributed by atoms with Gasteiger partial charge in [-0.15, -0.1) is 0 Å². The molecule has 0 bridgehead atoms. The van der Waals surface area contributed by atoms with Gasteiger partial charge in [0.15, 0.2) is 0 Å². The third-order valence-corrected chi connectivity index (χ3v) is 5.17. The number of nitrogens with zero attached hydrogens (tertiary/aromatic N) is 1. The van der Waals surface area contributed by atoms with E-state index in [0.717, 1.165) is 22.9 Å². The molecule has 3 N–H and O–H groups in total. The molecule has 0 aliphatic rings.